The number of nitrogens with zero attached hydrogens (tertiary/aromatic N) is 1. The van der Waals surface area contributed by atoms with E-state index < -0.39 is 4.92 Å². The summed E-state index contributed by atoms with van der Waals surface area (Å²) in [6.07, 6.45) is 0. The third kappa shape index (κ3) is 2.90. The van der Waals surface area contributed by atoms with Crippen LogP contribution in [0.5, 0.6) is 0 Å². The van der Waals surface area contributed by atoms with Crippen molar-refractivity contribution in [3.05, 3.63) is 38.0 Å². The fourth-order valence-corrected chi connectivity index (χ4v) is 1.23. The van der Waals surface area contributed by atoms with Crippen LogP contribution in [0.3, 0.4) is 0 Å². The second kappa shape index (κ2) is 5.28. The van der Waals surface area contributed by atoms with Gasteiger partial charge in [0.25, 0.3) is 5.69 Å². The average molecular weight is 457 g/mol. The zero-order chi connectivity index (χ0) is 9.30. The summed E-state index contributed by atoms with van der Waals surface area (Å²) in [7, 11) is 0. The van der Waals surface area contributed by atoms with Gasteiger partial charge in [-0.25, -0.2) is 0 Å². The maximum atomic E-state index is 10.5. The topological polar surface area (TPSA) is 66.9 Å². The first kappa shape index (κ1) is 13.3. The molecule has 0 unspecified atom stereocenters. The molecule has 0 saturated heterocycles. The largest absolute Gasteiger partial charge is 0.693 e. The summed E-state index contributed by atoms with van der Waals surface area (Å²) in [4.78, 5) is 9.92. The van der Waals surface area contributed by atoms with Gasteiger partial charge in [-0.05, 0) is 13.0 Å². The summed E-state index contributed by atoms with van der Waals surface area (Å²) in [6, 6.07) is 3.03. The summed E-state index contributed by atoms with van der Waals surface area (Å²) >= 11 is 3.16. The van der Waals surface area contributed by atoms with Gasteiger partial charge in [-0.2, -0.15) is 0 Å². The van der Waals surface area contributed by atoms with Gasteiger partial charge in [0, 0.05) is 54.1 Å². The standard InChI is InChI=1S/C7H6BrN2O2.Ac/c1-4-5(8)2-3-6(9)7(4)10(11)12;/h2-3,9H,1H3;/q-1;. The molecule has 4 nitrogen and oxygen atoms in total. The zero-order valence-electron chi connectivity index (χ0n) is 6.87. The Morgan fingerprint density at radius 2 is 2.08 bits per heavy atom. The van der Waals surface area contributed by atoms with Crippen LogP contribution in [0.2, 0.25) is 0 Å². The molecule has 1 radical (unpaired) electrons. The number of hydrogen-bond donors (Lipinski definition) is 0. The summed E-state index contributed by atoms with van der Waals surface area (Å²) < 4.78 is 0.658. The molecule has 0 heterocycles. The maximum absolute atomic E-state index is 10.5. The van der Waals surface area contributed by atoms with Crippen molar-refractivity contribution in [3.8, 4) is 0 Å². The molecule has 0 saturated carbocycles. The summed E-state index contributed by atoms with van der Waals surface area (Å²) in [5, 5.41) is 10.5. The number of rotatable bonds is 1. The number of nitro benzene ring substituents is 1. The van der Waals surface area contributed by atoms with Crippen LogP contribution < -0.4 is 0 Å². The van der Waals surface area contributed by atoms with Crippen LogP contribution in [0.4, 0.5) is 11.4 Å². The van der Waals surface area contributed by atoms with E-state index in [1.807, 2.05) is 0 Å². The third-order valence-corrected chi connectivity index (χ3v) is 2.41. The molecule has 0 bridgehead atoms. The van der Waals surface area contributed by atoms with E-state index in [4.69, 9.17) is 5.73 Å². The smallest absolute Gasteiger partial charge is 0.258 e. The van der Waals surface area contributed by atoms with Crippen molar-refractivity contribution >= 4 is 27.3 Å². The van der Waals surface area contributed by atoms with Gasteiger partial charge in [-0.15, -0.1) is 0 Å². The first-order chi connectivity index (χ1) is 5.54. The maximum Gasteiger partial charge on any atom is 0.258 e. The van der Waals surface area contributed by atoms with Crippen LogP contribution in [-0.2, 0) is 0 Å². The summed E-state index contributed by atoms with van der Waals surface area (Å²) in [5.74, 6) is 0. The molecule has 0 amide bonds. The van der Waals surface area contributed by atoms with Crippen LogP contribution in [0.15, 0.2) is 16.6 Å². The second-order valence-electron chi connectivity index (χ2n) is 2.33. The van der Waals surface area contributed by atoms with Crippen molar-refractivity contribution in [2.24, 2.45) is 0 Å². The van der Waals surface area contributed by atoms with Gasteiger partial charge in [0.1, 0.15) is 0 Å². The fraction of sp³-hybridized carbons (Fsp3) is 0.143. The van der Waals surface area contributed by atoms with Crippen LogP contribution in [0, 0.1) is 61.1 Å². The number of halogens is 1. The number of nitro groups is 1. The van der Waals surface area contributed by atoms with Gasteiger partial charge in [-0.1, -0.05) is 27.7 Å². The van der Waals surface area contributed by atoms with Gasteiger partial charge in [0.05, 0.1) is 4.92 Å². The monoisotopic (exact) mass is 456 g/mol. The Morgan fingerprint density at radius 1 is 1.54 bits per heavy atom. The number of nitrogens with one attached hydrogen (secondary N) is 1. The Labute approximate surface area is 120 Å². The van der Waals surface area contributed by atoms with E-state index in [1.54, 1.807) is 13.0 Å². The molecule has 0 aliphatic heterocycles. The minimum atomic E-state index is -0.539. The Bertz CT molecular complexity index is 344. The van der Waals surface area contributed by atoms with Gasteiger partial charge in [0.15, 0.2) is 0 Å². The van der Waals surface area contributed by atoms with Crippen LogP contribution in [-0.4, -0.2) is 4.92 Å². The fourth-order valence-electron chi connectivity index (χ4n) is 0.911. The van der Waals surface area contributed by atoms with E-state index in [0.717, 1.165) is 0 Å². The van der Waals surface area contributed by atoms with Crippen molar-refractivity contribution in [3.63, 3.8) is 0 Å². The van der Waals surface area contributed by atoms with E-state index in [2.05, 4.69) is 15.9 Å². The van der Waals surface area contributed by atoms with E-state index >= 15 is 0 Å². The van der Waals surface area contributed by atoms with Crippen molar-refractivity contribution in [2.75, 3.05) is 0 Å². The second-order valence-corrected chi connectivity index (χ2v) is 3.18. The Balaban J connectivity index is 0.00000144. The van der Waals surface area contributed by atoms with Gasteiger partial charge < -0.3 is 5.73 Å². The Morgan fingerprint density at radius 3 is 2.46 bits per heavy atom. The summed E-state index contributed by atoms with van der Waals surface area (Å²) in [5.41, 5.74) is 7.58. The van der Waals surface area contributed by atoms with Crippen LogP contribution in [0.25, 0.3) is 5.73 Å². The molecule has 0 aliphatic rings. The molecule has 0 spiro atoms. The molecular weight excluding hydrogens is 451 g/mol. The molecule has 1 aromatic carbocycles. The molecular formula is C7H6AcBrN2O2-. The molecule has 1 N–H and O–H groups in total. The zero-order valence-corrected chi connectivity index (χ0v) is 13.2. The van der Waals surface area contributed by atoms with Gasteiger partial charge >= 0.3 is 0 Å². The first-order valence-corrected chi connectivity index (χ1v) is 3.98. The molecule has 1 rings (SSSR count). The number of benzene rings is 1. The Hall–Kier alpha value is 0.342. The molecule has 1 aromatic rings. The Kier molecular flexibility index (Phi) is 5.42. The quantitative estimate of drug-likeness (QED) is 0.480. The molecule has 13 heavy (non-hydrogen) atoms. The minimum Gasteiger partial charge on any atom is -0.693 e. The predicted molar refractivity (Wildman–Crippen MR) is 49.5 cm³/mol. The number of hydrogen-bond acceptors (Lipinski definition) is 2. The van der Waals surface area contributed by atoms with Crippen molar-refractivity contribution in [2.45, 2.75) is 6.92 Å². The van der Waals surface area contributed by atoms with Gasteiger partial charge in [-0.3, -0.25) is 10.1 Å². The third-order valence-electron chi connectivity index (χ3n) is 1.55. The van der Waals surface area contributed by atoms with Crippen molar-refractivity contribution in [1.82, 2.24) is 0 Å². The van der Waals surface area contributed by atoms with E-state index in [0.29, 0.717) is 10.0 Å². The average Bonchev–Trinajstić information content (AvgIpc) is 1.97. The predicted octanol–water partition coefficient (Wildman–Crippen LogP) is 3.35. The normalized spacial score (nSPS) is 9.08. The minimum absolute atomic E-state index is 0. The molecule has 0 aromatic heterocycles. The molecule has 67 valence electrons. The van der Waals surface area contributed by atoms with Crippen LogP contribution >= 0.6 is 15.9 Å². The first-order valence-electron chi connectivity index (χ1n) is 3.19. The van der Waals surface area contributed by atoms with Crippen LogP contribution in [0.1, 0.15) is 5.56 Å². The SMILES string of the molecule is Cc1c(Br)ccc([NH-])c1[N+](=O)[O-].[Ac]. The molecule has 0 fully saturated rings. The summed E-state index contributed by atoms with van der Waals surface area (Å²) in [6.45, 7) is 1.61. The molecule has 0 atom stereocenters. The van der Waals surface area contributed by atoms with Crippen molar-refractivity contribution in [1.29, 1.82) is 0 Å². The van der Waals surface area contributed by atoms with E-state index in [-0.39, 0.29) is 55.4 Å². The van der Waals surface area contributed by atoms with Gasteiger partial charge in [0.2, 0.25) is 0 Å². The van der Waals surface area contributed by atoms with Crippen molar-refractivity contribution < 1.29 is 49.0 Å². The van der Waals surface area contributed by atoms with E-state index in [9.17, 15) is 10.1 Å². The molecule has 0 aliphatic carbocycles. The van der Waals surface area contributed by atoms with E-state index in [1.165, 1.54) is 6.07 Å². The molecule has 6 heteroatoms.